The van der Waals surface area contributed by atoms with E-state index in [4.69, 9.17) is 4.74 Å². The van der Waals surface area contributed by atoms with E-state index in [-0.39, 0.29) is 24.1 Å². The lowest BCUT2D eigenvalue weighted by molar-refractivity contribution is 0.0912. The number of allylic oxidation sites excluding steroid dienone is 1. The Labute approximate surface area is 261 Å². The van der Waals surface area contributed by atoms with E-state index in [9.17, 15) is 14.9 Å². The average molecular weight is 611 g/mol. The summed E-state index contributed by atoms with van der Waals surface area (Å²) in [6.07, 6.45) is 14.1. The molecule has 2 aliphatic carbocycles. The molecule has 3 fully saturated rings. The molecular weight excluding hydrogens is 572 g/mol. The van der Waals surface area contributed by atoms with Gasteiger partial charge in [0.05, 0.1) is 34.6 Å². The minimum atomic E-state index is -0.308. The molecule has 3 amide bonds. The maximum absolute atomic E-state index is 13.7. The number of anilines is 3. The summed E-state index contributed by atoms with van der Waals surface area (Å²) >= 11 is 1.30. The number of hydrogen-bond acceptors (Lipinski definition) is 7. The van der Waals surface area contributed by atoms with Crippen molar-refractivity contribution in [3.8, 4) is 11.8 Å². The number of ether oxygens (including phenoxy) is 1. The Morgan fingerprint density at radius 2 is 2.00 bits per heavy atom. The number of thiophene rings is 1. The summed E-state index contributed by atoms with van der Waals surface area (Å²) in [5.41, 5.74) is 3.75. The molecule has 2 N–H and O–H groups in total. The molecule has 0 spiro atoms. The summed E-state index contributed by atoms with van der Waals surface area (Å²) < 4.78 is 6.27. The zero-order valence-corrected chi connectivity index (χ0v) is 25.9. The number of carbonyl (C=O) groups excluding carboxylic acids is 2. The first-order chi connectivity index (χ1) is 21.5. The second kappa shape index (κ2) is 12.2. The molecule has 9 nitrogen and oxygen atoms in total. The Morgan fingerprint density at radius 3 is 2.77 bits per heavy atom. The van der Waals surface area contributed by atoms with E-state index in [1.165, 1.54) is 43.4 Å². The van der Waals surface area contributed by atoms with Crippen molar-refractivity contribution in [2.45, 2.75) is 76.9 Å². The van der Waals surface area contributed by atoms with Crippen LogP contribution in [0, 0.1) is 24.2 Å². The lowest BCUT2D eigenvalue weighted by Crippen LogP contribution is -2.48. The molecule has 3 aromatic rings. The number of rotatable bonds is 8. The topological polar surface area (TPSA) is 111 Å². The van der Waals surface area contributed by atoms with Gasteiger partial charge in [-0.3, -0.25) is 14.6 Å². The summed E-state index contributed by atoms with van der Waals surface area (Å²) in [6, 6.07) is 9.75. The van der Waals surface area contributed by atoms with Gasteiger partial charge in [0.15, 0.2) is 0 Å². The SMILES string of the molecule is Cc1cc(OC2CCCCC2)ccc1N1C(=O)Nc2c(C(=O)N[C@@H]3CCCN(C/C(C#N)=C/C4CC4)C3)sc3nccc1c23. The fourth-order valence-electron chi connectivity index (χ4n) is 6.79. The van der Waals surface area contributed by atoms with E-state index in [1.807, 2.05) is 31.2 Å². The third kappa shape index (κ3) is 5.91. The first-order valence-electron chi connectivity index (χ1n) is 15.9. The lowest BCUT2D eigenvalue weighted by Gasteiger charge is -2.33. The predicted octanol–water partition coefficient (Wildman–Crippen LogP) is 7.05. The van der Waals surface area contributed by atoms with Crippen LogP contribution >= 0.6 is 11.3 Å². The highest BCUT2D eigenvalue weighted by Gasteiger charge is 2.34. The van der Waals surface area contributed by atoms with Crippen LogP contribution in [-0.4, -0.2) is 53.6 Å². The van der Waals surface area contributed by atoms with E-state index in [0.29, 0.717) is 40.1 Å². The Kier molecular flexibility index (Phi) is 8.00. The predicted molar refractivity (Wildman–Crippen MR) is 173 cm³/mol. The first kappa shape index (κ1) is 28.8. The van der Waals surface area contributed by atoms with Gasteiger partial charge in [0.25, 0.3) is 5.91 Å². The van der Waals surface area contributed by atoms with Crippen molar-refractivity contribution < 1.29 is 14.3 Å². The Morgan fingerprint density at radius 1 is 1.16 bits per heavy atom. The van der Waals surface area contributed by atoms with E-state index < -0.39 is 0 Å². The normalized spacial score (nSPS) is 21.2. The average Bonchev–Trinajstić information content (AvgIpc) is 3.77. The molecule has 1 saturated heterocycles. The Balaban J connectivity index is 1.10. The molecule has 44 heavy (non-hydrogen) atoms. The minimum absolute atomic E-state index is 0.0326. The number of aromatic nitrogens is 1. The van der Waals surface area contributed by atoms with Gasteiger partial charge in [-0.15, -0.1) is 11.3 Å². The smallest absolute Gasteiger partial charge is 0.331 e. The van der Waals surface area contributed by atoms with Crippen LogP contribution < -0.4 is 20.3 Å². The lowest BCUT2D eigenvalue weighted by atomic mass is 9.98. The van der Waals surface area contributed by atoms with Crippen molar-refractivity contribution in [2.75, 3.05) is 29.9 Å². The van der Waals surface area contributed by atoms with Crippen LogP contribution in [-0.2, 0) is 0 Å². The number of amides is 3. The van der Waals surface area contributed by atoms with Crippen molar-refractivity contribution in [2.24, 2.45) is 5.92 Å². The van der Waals surface area contributed by atoms with E-state index >= 15 is 0 Å². The van der Waals surface area contributed by atoms with Gasteiger partial charge in [0, 0.05) is 30.9 Å². The number of nitrogens with one attached hydrogen (secondary N) is 2. The second-order valence-electron chi connectivity index (χ2n) is 12.6. The molecule has 1 atom stereocenters. The number of piperidine rings is 1. The number of likely N-dealkylation sites (tertiary alicyclic amines) is 1. The van der Waals surface area contributed by atoms with Gasteiger partial charge in [-0.05, 0) is 101 Å². The van der Waals surface area contributed by atoms with Crippen LogP contribution in [0.25, 0.3) is 10.2 Å². The summed E-state index contributed by atoms with van der Waals surface area (Å²) in [7, 11) is 0. The fourth-order valence-corrected chi connectivity index (χ4v) is 7.82. The van der Waals surface area contributed by atoms with E-state index in [0.717, 1.165) is 60.2 Å². The summed E-state index contributed by atoms with van der Waals surface area (Å²) in [5.74, 6) is 1.18. The number of nitriles is 1. The maximum Gasteiger partial charge on any atom is 0.331 e. The van der Waals surface area contributed by atoms with Crippen LogP contribution in [0.1, 0.15) is 73.0 Å². The molecular formula is C34H38N6O3S. The molecule has 2 saturated carbocycles. The highest BCUT2D eigenvalue weighted by molar-refractivity contribution is 7.21. The number of carbonyl (C=O) groups is 2. The minimum Gasteiger partial charge on any atom is -0.490 e. The fraction of sp³-hybridized carbons (Fsp3) is 0.471. The van der Waals surface area contributed by atoms with Crippen LogP contribution in [0.15, 0.2) is 42.1 Å². The quantitative estimate of drug-likeness (QED) is 0.264. The first-order valence-corrected chi connectivity index (χ1v) is 16.7. The summed E-state index contributed by atoms with van der Waals surface area (Å²) in [5, 5.41) is 16.6. The van der Waals surface area contributed by atoms with Crippen molar-refractivity contribution in [3.63, 3.8) is 0 Å². The summed E-state index contributed by atoms with van der Waals surface area (Å²) in [4.78, 5) is 37.0. The van der Waals surface area contributed by atoms with Crippen molar-refractivity contribution in [1.82, 2.24) is 15.2 Å². The number of pyridine rings is 1. The highest BCUT2D eigenvalue weighted by Crippen LogP contribution is 2.46. The van der Waals surface area contributed by atoms with Crippen LogP contribution in [0.5, 0.6) is 5.75 Å². The molecule has 0 radical (unpaired) electrons. The van der Waals surface area contributed by atoms with Crippen LogP contribution in [0.4, 0.5) is 21.9 Å². The largest absolute Gasteiger partial charge is 0.490 e. The summed E-state index contributed by atoms with van der Waals surface area (Å²) in [6.45, 7) is 4.22. The molecule has 228 valence electrons. The molecule has 4 aliphatic rings. The maximum atomic E-state index is 13.7. The number of aryl methyl sites for hydroxylation is 1. The molecule has 10 heteroatoms. The standard InChI is InChI=1S/C34H38N6O3S/c1-21-16-26(43-25-7-3-2-4-8-25)11-12-27(21)40-28-13-14-36-33-29(28)30(38-34(40)42)31(44-33)32(41)37-24-6-5-15-39(20-24)19-23(18-35)17-22-9-10-22/h11-14,16-17,22,24-25H,2-10,15,19-20H2,1H3,(H,37,41)(H,38,42)/b23-17+/t24-/m1/s1. The van der Waals surface area contributed by atoms with Crippen molar-refractivity contribution in [1.29, 1.82) is 5.26 Å². The third-order valence-corrected chi connectivity index (χ3v) is 10.2. The number of urea groups is 1. The zero-order valence-electron chi connectivity index (χ0n) is 25.1. The van der Waals surface area contributed by atoms with Gasteiger partial charge in [0.2, 0.25) is 0 Å². The number of hydrogen-bond donors (Lipinski definition) is 2. The van der Waals surface area contributed by atoms with Crippen molar-refractivity contribution in [3.05, 3.63) is 52.6 Å². The Hall–Kier alpha value is -3.94. The number of benzene rings is 1. The third-order valence-electron chi connectivity index (χ3n) is 9.15. The van der Waals surface area contributed by atoms with Gasteiger partial charge in [-0.1, -0.05) is 12.5 Å². The Bertz CT molecular complexity index is 1670. The molecule has 7 rings (SSSR count). The van der Waals surface area contributed by atoms with E-state index in [2.05, 4.69) is 32.7 Å². The second-order valence-corrected chi connectivity index (χ2v) is 13.6. The molecule has 2 aromatic heterocycles. The molecule has 1 aromatic carbocycles. The number of nitrogens with zero attached hydrogens (tertiary/aromatic N) is 4. The van der Waals surface area contributed by atoms with Crippen LogP contribution in [0.3, 0.4) is 0 Å². The van der Waals surface area contributed by atoms with E-state index in [1.54, 1.807) is 11.1 Å². The zero-order chi connectivity index (χ0) is 30.2. The van der Waals surface area contributed by atoms with Crippen molar-refractivity contribution >= 4 is 50.6 Å². The molecule has 4 heterocycles. The van der Waals surface area contributed by atoms with Gasteiger partial charge in [-0.25, -0.2) is 9.78 Å². The molecule has 2 aliphatic heterocycles. The highest BCUT2D eigenvalue weighted by atomic mass is 32.1. The van der Waals surface area contributed by atoms with Crippen LogP contribution in [0.2, 0.25) is 0 Å². The monoisotopic (exact) mass is 610 g/mol. The molecule has 0 unspecified atom stereocenters. The molecule has 0 bridgehead atoms. The van der Waals surface area contributed by atoms with Gasteiger partial charge in [-0.2, -0.15) is 5.26 Å². The van der Waals surface area contributed by atoms with Gasteiger partial charge >= 0.3 is 6.03 Å². The van der Waals surface area contributed by atoms with Gasteiger partial charge < -0.3 is 15.4 Å². The van der Waals surface area contributed by atoms with Gasteiger partial charge in [0.1, 0.15) is 15.5 Å².